The van der Waals surface area contributed by atoms with Crippen molar-refractivity contribution in [3.05, 3.63) is 15.6 Å². The van der Waals surface area contributed by atoms with Crippen LogP contribution < -0.4 is 10.6 Å². The van der Waals surface area contributed by atoms with Gasteiger partial charge in [0.15, 0.2) is 0 Å². The smallest absolute Gasteiger partial charge is 0.314 e. The summed E-state index contributed by atoms with van der Waals surface area (Å²) in [7, 11) is 0. The molecule has 1 aromatic heterocycles. The number of aryl methyl sites for hydroxylation is 2. The fraction of sp³-hybridized carbons (Fsp3) is 0.733. The number of urea groups is 1. The largest absolute Gasteiger partial charge is 0.388 e. The molecule has 1 saturated carbocycles. The lowest BCUT2D eigenvalue weighted by Gasteiger charge is -2.22. The molecular formula is C15H25N3O2S. The van der Waals surface area contributed by atoms with Gasteiger partial charge in [0.1, 0.15) is 0 Å². The average molecular weight is 311 g/mol. The van der Waals surface area contributed by atoms with Gasteiger partial charge < -0.3 is 15.7 Å². The van der Waals surface area contributed by atoms with Gasteiger partial charge in [-0.05, 0) is 26.2 Å². The van der Waals surface area contributed by atoms with Gasteiger partial charge in [0.25, 0.3) is 0 Å². The SMILES string of the molecule is CCc1nc(CCNC(=O)NCC2(O)CCCC2)sc1C. The lowest BCUT2D eigenvalue weighted by atomic mass is 10.0. The standard InChI is InChI=1S/C15H25N3O2S/c1-3-12-11(2)21-13(18-12)6-9-16-14(19)17-10-15(20)7-4-5-8-15/h20H,3-10H2,1-2H3,(H2,16,17,19). The molecule has 0 spiro atoms. The normalized spacial score (nSPS) is 16.9. The highest BCUT2D eigenvalue weighted by atomic mass is 32.1. The van der Waals surface area contributed by atoms with Crippen LogP contribution in [0.15, 0.2) is 0 Å². The highest BCUT2D eigenvalue weighted by Gasteiger charge is 2.31. The van der Waals surface area contributed by atoms with Crippen molar-refractivity contribution in [2.45, 2.75) is 58.0 Å². The van der Waals surface area contributed by atoms with Crippen molar-refractivity contribution in [3.8, 4) is 0 Å². The first-order valence-corrected chi connectivity index (χ1v) is 8.53. The van der Waals surface area contributed by atoms with Crippen LogP contribution in [-0.4, -0.2) is 34.8 Å². The van der Waals surface area contributed by atoms with Crippen molar-refractivity contribution in [2.75, 3.05) is 13.1 Å². The fourth-order valence-corrected chi connectivity index (χ4v) is 3.74. The van der Waals surface area contributed by atoms with Crippen LogP contribution in [0, 0.1) is 6.92 Å². The van der Waals surface area contributed by atoms with Gasteiger partial charge in [0, 0.05) is 24.4 Å². The van der Waals surface area contributed by atoms with Gasteiger partial charge in [-0.3, -0.25) is 0 Å². The molecule has 1 aromatic rings. The molecule has 1 aliphatic rings. The van der Waals surface area contributed by atoms with Gasteiger partial charge in [-0.2, -0.15) is 0 Å². The number of aromatic nitrogens is 1. The summed E-state index contributed by atoms with van der Waals surface area (Å²) < 4.78 is 0. The molecule has 5 nitrogen and oxygen atoms in total. The summed E-state index contributed by atoms with van der Waals surface area (Å²) in [5, 5.41) is 16.8. The summed E-state index contributed by atoms with van der Waals surface area (Å²) in [6.07, 6.45) is 5.36. The van der Waals surface area contributed by atoms with E-state index < -0.39 is 5.60 Å². The summed E-state index contributed by atoms with van der Waals surface area (Å²) in [5.74, 6) is 0. The van der Waals surface area contributed by atoms with Crippen LogP contribution in [0.4, 0.5) is 4.79 Å². The predicted molar refractivity (Wildman–Crippen MR) is 84.8 cm³/mol. The van der Waals surface area contributed by atoms with Crippen molar-refractivity contribution in [3.63, 3.8) is 0 Å². The predicted octanol–water partition coefficient (Wildman–Crippen LogP) is 2.16. The molecule has 0 saturated heterocycles. The molecule has 0 aromatic carbocycles. The van der Waals surface area contributed by atoms with E-state index in [1.807, 2.05) is 0 Å². The third kappa shape index (κ3) is 4.68. The van der Waals surface area contributed by atoms with Crippen LogP contribution in [0.2, 0.25) is 0 Å². The number of hydrogen-bond donors (Lipinski definition) is 3. The van der Waals surface area contributed by atoms with Gasteiger partial charge in [0.2, 0.25) is 0 Å². The maximum Gasteiger partial charge on any atom is 0.314 e. The second kappa shape index (κ2) is 7.22. The van der Waals surface area contributed by atoms with Crippen molar-refractivity contribution in [1.82, 2.24) is 15.6 Å². The van der Waals surface area contributed by atoms with E-state index in [4.69, 9.17) is 0 Å². The Morgan fingerprint density at radius 3 is 2.71 bits per heavy atom. The number of hydrogen-bond acceptors (Lipinski definition) is 4. The molecule has 6 heteroatoms. The Kier molecular flexibility index (Phi) is 5.58. The summed E-state index contributed by atoms with van der Waals surface area (Å²) in [6.45, 7) is 5.10. The molecule has 1 aliphatic carbocycles. The van der Waals surface area contributed by atoms with Crippen molar-refractivity contribution in [1.29, 1.82) is 0 Å². The molecule has 21 heavy (non-hydrogen) atoms. The van der Waals surface area contributed by atoms with Crippen molar-refractivity contribution < 1.29 is 9.90 Å². The van der Waals surface area contributed by atoms with Crippen LogP contribution in [0.1, 0.15) is 48.2 Å². The zero-order chi connectivity index (χ0) is 15.3. The highest BCUT2D eigenvalue weighted by molar-refractivity contribution is 7.11. The second-order valence-electron chi connectivity index (χ2n) is 5.75. The number of thiazole rings is 1. The van der Waals surface area contributed by atoms with Gasteiger partial charge in [-0.25, -0.2) is 9.78 Å². The molecule has 1 fully saturated rings. The second-order valence-corrected chi connectivity index (χ2v) is 7.04. The fourth-order valence-electron chi connectivity index (χ4n) is 2.72. The topological polar surface area (TPSA) is 74.2 Å². The highest BCUT2D eigenvalue weighted by Crippen LogP contribution is 2.28. The molecular weight excluding hydrogens is 286 g/mol. The Morgan fingerprint density at radius 2 is 2.10 bits per heavy atom. The number of rotatable bonds is 6. The minimum atomic E-state index is -0.695. The maximum absolute atomic E-state index is 11.7. The number of aliphatic hydroxyl groups is 1. The van der Waals surface area contributed by atoms with E-state index in [-0.39, 0.29) is 6.03 Å². The minimum Gasteiger partial charge on any atom is -0.388 e. The summed E-state index contributed by atoms with van der Waals surface area (Å²) in [4.78, 5) is 17.5. The monoisotopic (exact) mass is 311 g/mol. The molecule has 0 unspecified atom stereocenters. The Morgan fingerprint density at radius 1 is 1.38 bits per heavy atom. The molecule has 0 bridgehead atoms. The van der Waals surface area contributed by atoms with E-state index in [9.17, 15) is 9.90 Å². The van der Waals surface area contributed by atoms with Crippen molar-refractivity contribution >= 4 is 17.4 Å². The number of carbonyl (C=O) groups is 1. The number of nitrogens with zero attached hydrogens (tertiary/aromatic N) is 1. The Labute approximate surface area is 130 Å². The summed E-state index contributed by atoms with van der Waals surface area (Å²) in [5.41, 5.74) is 0.461. The number of carbonyl (C=O) groups excluding carboxylic acids is 1. The Bertz CT molecular complexity index is 481. The van der Waals surface area contributed by atoms with E-state index in [2.05, 4.69) is 29.5 Å². The minimum absolute atomic E-state index is 0.209. The third-order valence-electron chi connectivity index (χ3n) is 4.01. The van der Waals surface area contributed by atoms with E-state index in [1.165, 1.54) is 4.88 Å². The lowest BCUT2D eigenvalue weighted by molar-refractivity contribution is 0.0501. The van der Waals surface area contributed by atoms with Crippen LogP contribution in [-0.2, 0) is 12.8 Å². The van der Waals surface area contributed by atoms with E-state index >= 15 is 0 Å². The third-order valence-corrected chi connectivity index (χ3v) is 5.08. The summed E-state index contributed by atoms with van der Waals surface area (Å²) >= 11 is 1.70. The first-order chi connectivity index (χ1) is 10.0. The Hall–Kier alpha value is -1.14. The maximum atomic E-state index is 11.7. The van der Waals surface area contributed by atoms with Crippen LogP contribution >= 0.6 is 11.3 Å². The molecule has 118 valence electrons. The first kappa shape index (κ1) is 16.2. The number of amides is 2. The average Bonchev–Trinajstić information content (AvgIpc) is 3.03. The molecule has 0 atom stereocenters. The summed E-state index contributed by atoms with van der Waals surface area (Å²) in [6, 6.07) is -0.209. The van der Waals surface area contributed by atoms with E-state index in [0.29, 0.717) is 13.1 Å². The molecule has 2 amide bonds. The van der Waals surface area contributed by atoms with Crippen LogP contribution in [0.3, 0.4) is 0 Å². The molecule has 1 heterocycles. The molecule has 0 aliphatic heterocycles. The van der Waals surface area contributed by atoms with Crippen molar-refractivity contribution in [2.24, 2.45) is 0 Å². The Balaban J connectivity index is 1.66. The van der Waals surface area contributed by atoms with Crippen LogP contribution in [0.25, 0.3) is 0 Å². The van der Waals surface area contributed by atoms with Gasteiger partial charge >= 0.3 is 6.03 Å². The zero-order valence-corrected chi connectivity index (χ0v) is 13.7. The van der Waals surface area contributed by atoms with Gasteiger partial charge in [0.05, 0.1) is 16.3 Å². The molecule has 2 rings (SSSR count). The van der Waals surface area contributed by atoms with E-state index in [1.54, 1.807) is 11.3 Å². The van der Waals surface area contributed by atoms with E-state index in [0.717, 1.165) is 49.2 Å². The first-order valence-electron chi connectivity index (χ1n) is 7.72. The van der Waals surface area contributed by atoms with Gasteiger partial charge in [-0.1, -0.05) is 19.8 Å². The lowest BCUT2D eigenvalue weighted by Crippen LogP contribution is -2.45. The number of nitrogens with one attached hydrogen (secondary N) is 2. The van der Waals surface area contributed by atoms with Crippen LogP contribution in [0.5, 0.6) is 0 Å². The molecule has 0 radical (unpaired) electrons. The molecule has 3 N–H and O–H groups in total. The quantitative estimate of drug-likeness (QED) is 0.753. The van der Waals surface area contributed by atoms with Gasteiger partial charge in [-0.15, -0.1) is 11.3 Å². The zero-order valence-electron chi connectivity index (χ0n) is 12.9.